The lowest BCUT2D eigenvalue weighted by atomic mass is 10.0. The van der Waals surface area contributed by atoms with Crippen molar-refractivity contribution in [1.29, 1.82) is 0 Å². The van der Waals surface area contributed by atoms with Crippen LogP contribution in [-0.2, 0) is 4.74 Å². The van der Waals surface area contributed by atoms with Gasteiger partial charge in [-0.05, 0) is 42.8 Å². The van der Waals surface area contributed by atoms with Crippen molar-refractivity contribution in [3.8, 4) is 16.9 Å². The number of fused-ring (bicyclic) bond motifs is 1. The molecule has 6 heteroatoms. The van der Waals surface area contributed by atoms with Crippen molar-refractivity contribution in [3.05, 3.63) is 88.3 Å². The zero-order valence-electron chi connectivity index (χ0n) is 15.4. The van der Waals surface area contributed by atoms with E-state index in [9.17, 15) is 9.59 Å². The Morgan fingerprint density at radius 1 is 1.04 bits per heavy atom. The average Bonchev–Trinajstić information content (AvgIpc) is 2.75. The second-order valence-electron chi connectivity index (χ2n) is 6.32. The van der Waals surface area contributed by atoms with E-state index in [0.717, 1.165) is 5.56 Å². The summed E-state index contributed by atoms with van der Waals surface area (Å²) in [6.45, 7) is 1.84. The molecule has 28 heavy (non-hydrogen) atoms. The van der Waals surface area contributed by atoms with Crippen LogP contribution in [0.15, 0.2) is 71.7 Å². The number of hydrogen-bond donors (Lipinski definition) is 0. The summed E-state index contributed by atoms with van der Waals surface area (Å²) in [7, 11) is 1.35. The third-order valence-corrected chi connectivity index (χ3v) is 4.57. The molecule has 0 saturated carbocycles. The molecular formula is C22H17N3O3. The van der Waals surface area contributed by atoms with E-state index in [4.69, 9.17) is 4.74 Å². The quantitative estimate of drug-likeness (QED) is 0.515. The summed E-state index contributed by atoms with van der Waals surface area (Å²) in [6.07, 6.45) is 1.58. The van der Waals surface area contributed by atoms with Gasteiger partial charge in [-0.2, -0.15) is 9.78 Å². The summed E-state index contributed by atoms with van der Waals surface area (Å²) >= 11 is 0. The Morgan fingerprint density at radius 2 is 1.82 bits per heavy atom. The highest BCUT2D eigenvalue weighted by molar-refractivity contribution is 5.96. The molecule has 6 nitrogen and oxygen atoms in total. The minimum Gasteiger partial charge on any atom is -0.465 e. The highest BCUT2D eigenvalue weighted by atomic mass is 16.5. The summed E-state index contributed by atoms with van der Waals surface area (Å²) < 4.78 is 6.22. The van der Waals surface area contributed by atoms with E-state index in [1.807, 2.05) is 49.4 Å². The van der Waals surface area contributed by atoms with Crippen LogP contribution in [0.5, 0.6) is 0 Å². The van der Waals surface area contributed by atoms with E-state index in [-0.39, 0.29) is 5.56 Å². The molecule has 0 fully saturated rings. The van der Waals surface area contributed by atoms with Gasteiger partial charge in [-0.15, -0.1) is 0 Å². The molecule has 2 heterocycles. The molecule has 138 valence electrons. The van der Waals surface area contributed by atoms with Crippen LogP contribution in [0.2, 0.25) is 0 Å². The maximum absolute atomic E-state index is 13.0. The van der Waals surface area contributed by atoms with Crippen LogP contribution in [-0.4, -0.2) is 27.8 Å². The predicted molar refractivity (Wildman–Crippen MR) is 107 cm³/mol. The number of carbonyl (C=O) groups is 1. The van der Waals surface area contributed by atoms with Crippen molar-refractivity contribution < 1.29 is 9.53 Å². The van der Waals surface area contributed by atoms with Crippen molar-refractivity contribution in [1.82, 2.24) is 14.8 Å². The number of carbonyl (C=O) groups excluding carboxylic acids is 1. The minimum absolute atomic E-state index is 0.300. The van der Waals surface area contributed by atoms with Gasteiger partial charge in [-0.25, -0.2) is 4.79 Å². The topological polar surface area (TPSA) is 74.1 Å². The van der Waals surface area contributed by atoms with E-state index in [2.05, 4.69) is 10.1 Å². The van der Waals surface area contributed by atoms with Crippen LogP contribution in [0, 0.1) is 6.92 Å². The van der Waals surface area contributed by atoms with Gasteiger partial charge in [0.1, 0.15) is 11.2 Å². The lowest BCUT2D eigenvalue weighted by Gasteiger charge is -2.12. The monoisotopic (exact) mass is 371 g/mol. The minimum atomic E-state index is -0.418. The van der Waals surface area contributed by atoms with Crippen molar-refractivity contribution >= 4 is 16.9 Å². The van der Waals surface area contributed by atoms with Crippen molar-refractivity contribution in [3.63, 3.8) is 0 Å². The molecule has 4 rings (SSSR count). The Kier molecular flexibility index (Phi) is 4.45. The van der Waals surface area contributed by atoms with Crippen LogP contribution in [0.25, 0.3) is 27.8 Å². The zero-order valence-corrected chi connectivity index (χ0v) is 15.4. The molecule has 0 aliphatic carbocycles. The van der Waals surface area contributed by atoms with E-state index in [1.165, 1.54) is 11.8 Å². The predicted octanol–water partition coefficient (Wildman–Crippen LogP) is 3.54. The van der Waals surface area contributed by atoms with E-state index < -0.39 is 5.97 Å². The standard InChI is InChI=1S/C22H17N3O3/c1-14-10-11-15(13-18(14)22(27)28-2)19-17-9-6-12-23-20(17)21(26)25(24-19)16-7-4-3-5-8-16/h3-13H,1-2H3. The molecule has 4 aromatic rings. The molecule has 0 aliphatic heterocycles. The average molecular weight is 371 g/mol. The molecular weight excluding hydrogens is 354 g/mol. The first kappa shape index (κ1) is 17.6. The van der Waals surface area contributed by atoms with Crippen molar-refractivity contribution in [2.45, 2.75) is 6.92 Å². The van der Waals surface area contributed by atoms with Gasteiger partial charge in [0.2, 0.25) is 0 Å². The maximum Gasteiger partial charge on any atom is 0.338 e. The summed E-state index contributed by atoms with van der Waals surface area (Å²) in [6, 6.07) is 18.2. The van der Waals surface area contributed by atoms with Gasteiger partial charge in [-0.3, -0.25) is 9.78 Å². The third-order valence-electron chi connectivity index (χ3n) is 4.57. The number of pyridine rings is 1. The van der Waals surface area contributed by atoms with Gasteiger partial charge < -0.3 is 4.74 Å². The largest absolute Gasteiger partial charge is 0.465 e. The van der Waals surface area contributed by atoms with Gasteiger partial charge in [0.15, 0.2) is 0 Å². The number of nitrogens with zero attached hydrogens (tertiary/aromatic N) is 3. The fourth-order valence-corrected chi connectivity index (χ4v) is 3.12. The number of ether oxygens (including phenoxy) is 1. The van der Waals surface area contributed by atoms with E-state index in [0.29, 0.717) is 33.4 Å². The number of benzene rings is 2. The number of hydrogen-bond acceptors (Lipinski definition) is 5. The lowest BCUT2D eigenvalue weighted by molar-refractivity contribution is 0.0600. The summed E-state index contributed by atoms with van der Waals surface area (Å²) in [5, 5.41) is 5.23. The Bertz CT molecular complexity index is 1250. The smallest absolute Gasteiger partial charge is 0.338 e. The first-order valence-corrected chi connectivity index (χ1v) is 8.73. The second kappa shape index (κ2) is 7.08. The highest BCUT2D eigenvalue weighted by Gasteiger charge is 2.17. The first-order chi connectivity index (χ1) is 13.6. The fourth-order valence-electron chi connectivity index (χ4n) is 3.12. The van der Waals surface area contributed by atoms with Crippen molar-refractivity contribution in [2.24, 2.45) is 0 Å². The van der Waals surface area contributed by atoms with Gasteiger partial charge in [-0.1, -0.05) is 30.3 Å². The maximum atomic E-state index is 13.0. The number of para-hydroxylation sites is 1. The molecule has 0 amide bonds. The van der Waals surface area contributed by atoms with E-state index in [1.54, 1.807) is 24.4 Å². The molecule has 0 radical (unpaired) electrons. The molecule has 0 unspecified atom stereocenters. The van der Waals surface area contributed by atoms with Gasteiger partial charge >= 0.3 is 5.97 Å². The lowest BCUT2D eigenvalue weighted by Crippen LogP contribution is -2.23. The molecule has 0 aliphatic rings. The Morgan fingerprint density at radius 3 is 2.57 bits per heavy atom. The summed E-state index contributed by atoms with van der Waals surface area (Å²) in [5.41, 5.74) is 3.18. The van der Waals surface area contributed by atoms with Crippen LogP contribution < -0.4 is 5.56 Å². The Labute approximate surface area is 161 Å². The summed E-state index contributed by atoms with van der Waals surface area (Å²) in [4.78, 5) is 29.3. The van der Waals surface area contributed by atoms with Crippen molar-refractivity contribution in [2.75, 3.05) is 7.11 Å². The van der Waals surface area contributed by atoms with Crippen LogP contribution >= 0.6 is 0 Å². The molecule has 0 saturated heterocycles. The Balaban J connectivity index is 2.04. The Hall–Kier alpha value is -3.80. The van der Waals surface area contributed by atoms with Crippen LogP contribution in [0.4, 0.5) is 0 Å². The number of methoxy groups -OCH3 is 1. The van der Waals surface area contributed by atoms with Gasteiger partial charge in [0, 0.05) is 17.1 Å². The number of rotatable bonds is 3. The molecule has 2 aromatic heterocycles. The van der Waals surface area contributed by atoms with Gasteiger partial charge in [0.25, 0.3) is 5.56 Å². The molecule has 0 bridgehead atoms. The summed E-state index contributed by atoms with van der Waals surface area (Å²) in [5.74, 6) is -0.418. The van der Waals surface area contributed by atoms with Crippen LogP contribution in [0.3, 0.4) is 0 Å². The molecule has 0 spiro atoms. The number of esters is 1. The number of aryl methyl sites for hydroxylation is 1. The SMILES string of the molecule is COC(=O)c1cc(-c2nn(-c3ccccc3)c(=O)c3ncccc23)ccc1C. The van der Waals surface area contributed by atoms with E-state index >= 15 is 0 Å². The molecule has 2 aromatic carbocycles. The molecule has 0 N–H and O–H groups in total. The fraction of sp³-hybridized carbons (Fsp3) is 0.0909. The number of aromatic nitrogens is 3. The third kappa shape index (κ3) is 2.95. The zero-order chi connectivity index (χ0) is 19.7. The van der Waals surface area contributed by atoms with Crippen LogP contribution in [0.1, 0.15) is 15.9 Å². The first-order valence-electron chi connectivity index (χ1n) is 8.73. The highest BCUT2D eigenvalue weighted by Crippen LogP contribution is 2.26. The second-order valence-corrected chi connectivity index (χ2v) is 6.32. The normalized spacial score (nSPS) is 10.8. The van der Waals surface area contributed by atoms with Gasteiger partial charge in [0.05, 0.1) is 18.4 Å². The molecule has 0 atom stereocenters.